The molecule has 1 heterocycles. The van der Waals surface area contributed by atoms with E-state index in [1.54, 1.807) is 0 Å². The molecule has 104 valence electrons. The predicted octanol–water partition coefficient (Wildman–Crippen LogP) is 2.79. The van der Waals surface area contributed by atoms with Crippen LogP contribution in [0.3, 0.4) is 0 Å². The Hall–Kier alpha value is -0.390. The molecule has 0 radical (unpaired) electrons. The highest BCUT2D eigenvalue weighted by molar-refractivity contribution is 9.10. The van der Waals surface area contributed by atoms with Crippen LogP contribution >= 0.6 is 15.9 Å². The van der Waals surface area contributed by atoms with Gasteiger partial charge in [0.15, 0.2) is 0 Å². The summed E-state index contributed by atoms with van der Waals surface area (Å²) in [6.07, 6.45) is 2.59. The first kappa shape index (κ1) is 15.7. The molecule has 0 aliphatic rings. The molecule has 0 aliphatic carbocycles. The van der Waals surface area contributed by atoms with Crippen LogP contribution in [0.25, 0.3) is 0 Å². The molecule has 0 aromatic carbocycles. The summed E-state index contributed by atoms with van der Waals surface area (Å²) in [7, 11) is 1.98. The number of unbranched alkanes of at least 4 members (excludes halogenated alkanes) is 1. The largest absolute Gasteiger partial charge is 0.379 e. The lowest BCUT2D eigenvalue weighted by Crippen LogP contribution is -2.18. The van der Waals surface area contributed by atoms with Crippen LogP contribution in [0.2, 0.25) is 0 Å². The van der Waals surface area contributed by atoms with Gasteiger partial charge in [-0.25, -0.2) is 0 Å². The van der Waals surface area contributed by atoms with E-state index >= 15 is 0 Å². The minimum absolute atomic E-state index is 0.339. The van der Waals surface area contributed by atoms with Gasteiger partial charge in [-0.05, 0) is 56.1 Å². The average molecular weight is 318 g/mol. The van der Waals surface area contributed by atoms with Crippen molar-refractivity contribution in [3.8, 4) is 0 Å². The van der Waals surface area contributed by atoms with Crippen LogP contribution in [0, 0.1) is 6.92 Å². The highest BCUT2D eigenvalue weighted by Gasteiger charge is 2.09. The fourth-order valence-corrected chi connectivity index (χ4v) is 2.23. The van der Waals surface area contributed by atoms with E-state index < -0.39 is 0 Å². The molecule has 0 aliphatic heterocycles. The van der Waals surface area contributed by atoms with Gasteiger partial charge in [0.05, 0.1) is 22.0 Å². The molecule has 5 heteroatoms. The van der Waals surface area contributed by atoms with Gasteiger partial charge in [-0.15, -0.1) is 0 Å². The molecular weight excluding hydrogens is 294 g/mol. The summed E-state index contributed by atoms with van der Waals surface area (Å²) in [5, 5.41) is 7.81. The maximum Gasteiger partial charge on any atom is 0.0739 e. The van der Waals surface area contributed by atoms with Crippen molar-refractivity contribution in [2.45, 2.75) is 46.3 Å². The molecule has 0 fully saturated rings. The number of rotatable bonds is 8. The lowest BCUT2D eigenvalue weighted by atomic mass is 10.3. The smallest absolute Gasteiger partial charge is 0.0739 e. The molecule has 1 aromatic heterocycles. The Kier molecular flexibility index (Phi) is 6.89. The number of hydrogen-bond acceptors (Lipinski definition) is 3. The molecule has 1 rings (SSSR count). The van der Waals surface area contributed by atoms with Crippen LogP contribution < -0.4 is 5.32 Å². The monoisotopic (exact) mass is 317 g/mol. The van der Waals surface area contributed by atoms with Crippen molar-refractivity contribution in [2.24, 2.45) is 7.05 Å². The van der Waals surface area contributed by atoms with E-state index in [4.69, 9.17) is 4.74 Å². The van der Waals surface area contributed by atoms with Gasteiger partial charge in [-0.1, -0.05) is 0 Å². The quantitative estimate of drug-likeness (QED) is 0.749. The highest BCUT2D eigenvalue weighted by Crippen LogP contribution is 2.19. The minimum atomic E-state index is 0.339. The number of nitrogens with one attached hydrogen (secondary N) is 1. The SMILES string of the molecule is Cc1nn(C)c(CNCCCCOC(C)C)c1Br. The number of hydrogen-bond donors (Lipinski definition) is 1. The number of aromatic nitrogens is 2. The van der Waals surface area contributed by atoms with Crippen molar-refractivity contribution >= 4 is 15.9 Å². The maximum absolute atomic E-state index is 5.50. The van der Waals surface area contributed by atoms with E-state index in [0.29, 0.717) is 6.10 Å². The molecule has 18 heavy (non-hydrogen) atoms. The van der Waals surface area contributed by atoms with Crippen molar-refractivity contribution in [2.75, 3.05) is 13.2 Å². The standard InChI is InChI=1S/C13H24BrN3O/c1-10(2)18-8-6-5-7-15-9-12-13(14)11(3)16-17(12)4/h10,15H,5-9H2,1-4H3. The Bertz CT molecular complexity index is 363. The van der Waals surface area contributed by atoms with Gasteiger partial charge in [0, 0.05) is 20.2 Å². The number of halogens is 1. The minimum Gasteiger partial charge on any atom is -0.379 e. The van der Waals surface area contributed by atoms with Crippen LogP contribution in [0.1, 0.15) is 38.1 Å². The summed E-state index contributed by atoms with van der Waals surface area (Å²) in [5.41, 5.74) is 2.24. The molecule has 1 aromatic rings. The molecule has 0 unspecified atom stereocenters. The Balaban J connectivity index is 2.14. The Morgan fingerprint density at radius 3 is 2.67 bits per heavy atom. The molecule has 0 saturated carbocycles. The topological polar surface area (TPSA) is 39.1 Å². The van der Waals surface area contributed by atoms with Crippen molar-refractivity contribution in [1.29, 1.82) is 0 Å². The molecular formula is C13H24BrN3O. The molecule has 0 atom stereocenters. The van der Waals surface area contributed by atoms with Gasteiger partial charge < -0.3 is 10.1 Å². The van der Waals surface area contributed by atoms with Crippen molar-refractivity contribution in [1.82, 2.24) is 15.1 Å². The first-order chi connectivity index (χ1) is 8.52. The average Bonchev–Trinajstić information content (AvgIpc) is 2.53. The van der Waals surface area contributed by atoms with Gasteiger partial charge in [-0.2, -0.15) is 5.10 Å². The normalized spacial score (nSPS) is 11.4. The van der Waals surface area contributed by atoms with Crippen LogP contribution in [0.4, 0.5) is 0 Å². The fraction of sp³-hybridized carbons (Fsp3) is 0.769. The van der Waals surface area contributed by atoms with Crippen molar-refractivity contribution in [3.63, 3.8) is 0 Å². The third-order valence-corrected chi connectivity index (χ3v) is 3.78. The summed E-state index contributed by atoms with van der Waals surface area (Å²) in [6.45, 7) is 8.87. The van der Waals surface area contributed by atoms with Gasteiger partial charge >= 0.3 is 0 Å². The van der Waals surface area contributed by atoms with Gasteiger partial charge in [-0.3, -0.25) is 4.68 Å². The second-order valence-electron chi connectivity index (χ2n) is 4.77. The zero-order chi connectivity index (χ0) is 13.5. The van der Waals surface area contributed by atoms with E-state index in [2.05, 4.69) is 40.2 Å². The zero-order valence-corrected chi connectivity index (χ0v) is 13.4. The summed E-state index contributed by atoms with van der Waals surface area (Å²) in [5.74, 6) is 0. The summed E-state index contributed by atoms with van der Waals surface area (Å²) >= 11 is 3.57. The molecule has 0 amide bonds. The van der Waals surface area contributed by atoms with Crippen molar-refractivity contribution in [3.05, 3.63) is 15.9 Å². The van der Waals surface area contributed by atoms with Crippen LogP contribution in [-0.4, -0.2) is 29.0 Å². The number of ether oxygens (including phenoxy) is 1. The predicted molar refractivity (Wildman–Crippen MR) is 77.7 cm³/mol. The Morgan fingerprint density at radius 1 is 1.39 bits per heavy atom. The Morgan fingerprint density at radius 2 is 2.11 bits per heavy atom. The molecule has 4 nitrogen and oxygen atoms in total. The molecule has 1 N–H and O–H groups in total. The van der Waals surface area contributed by atoms with Crippen molar-refractivity contribution < 1.29 is 4.74 Å². The van der Waals surface area contributed by atoms with Gasteiger partial charge in [0.1, 0.15) is 0 Å². The van der Waals surface area contributed by atoms with Gasteiger partial charge in [0.25, 0.3) is 0 Å². The van der Waals surface area contributed by atoms with E-state index in [9.17, 15) is 0 Å². The summed E-state index contributed by atoms with van der Waals surface area (Å²) < 4.78 is 8.54. The van der Waals surface area contributed by atoms with Crippen LogP contribution in [0.15, 0.2) is 4.47 Å². The second kappa shape index (κ2) is 7.92. The molecule has 0 saturated heterocycles. The van der Waals surface area contributed by atoms with E-state index in [0.717, 1.165) is 42.7 Å². The Labute approximate surface area is 118 Å². The zero-order valence-electron chi connectivity index (χ0n) is 11.8. The first-order valence-electron chi connectivity index (χ1n) is 6.52. The second-order valence-corrected chi connectivity index (χ2v) is 5.57. The molecule has 0 bridgehead atoms. The maximum atomic E-state index is 5.50. The van der Waals surface area contributed by atoms with Crippen LogP contribution in [0.5, 0.6) is 0 Å². The van der Waals surface area contributed by atoms with Crippen LogP contribution in [-0.2, 0) is 18.3 Å². The van der Waals surface area contributed by atoms with E-state index in [-0.39, 0.29) is 0 Å². The highest BCUT2D eigenvalue weighted by atomic mass is 79.9. The van der Waals surface area contributed by atoms with Gasteiger partial charge in [0.2, 0.25) is 0 Å². The third-order valence-electron chi connectivity index (χ3n) is 2.75. The van der Waals surface area contributed by atoms with E-state index in [1.165, 1.54) is 5.69 Å². The number of aryl methyl sites for hydroxylation is 2. The summed E-state index contributed by atoms with van der Waals surface area (Å²) in [4.78, 5) is 0. The lowest BCUT2D eigenvalue weighted by Gasteiger charge is -2.08. The first-order valence-corrected chi connectivity index (χ1v) is 7.32. The number of nitrogens with zero attached hydrogens (tertiary/aromatic N) is 2. The third kappa shape index (κ3) is 5.08. The summed E-state index contributed by atoms with van der Waals surface area (Å²) in [6, 6.07) is 0. The van der Waals surface area contributed by atoms with E-state index in [1.807, 2.05) is 18.7 Å². The fourth-order valence-electron chi connectivity index (χ4n) is 1.75. The lowest BCUT2D eigenvalue weighted by molar-refractivity contribution is 0.0760. The molecule has 0 spiro atoms.